The molecule has 0 bridgehead atoms. The molecule has 1 aliphatic rings. The van der Waals surface area contributed by atoms with Gasteiger partial charge in [-0.2, -0.15) is 0 Å². The van der Waals surface area contributed by atoms with Crippen molar-refractivity contribution in [3.8, 4) is 0 Å². The van der Waals surface area contributed by atoms with Crippen molar-refractivity contribution < 1.29 is 9.59 Å². The van der Waals surface area contributed by atoms with Crippen molar-refractivity contribution in [3.05, 3.63) is 34.9 Å². The van der Waals surface area contributed by atoms with Crippen LogP contribution in [-0.2, 0) is 4.79 Å². The summed E-state index contributed by atoms with van der Waals surface area (Å²) in [6.45, 7) is 1.03. The molecule has 1 atom stereocenters. The van der Waals surface area contributed by atoms with Gasteiger partial charge in [-0.1, -0.05) is 36.6 Å². The highest BCUT2D eigenvalue weighted by molar-refractivity contribution is 6.30. The zero-order chi connectivity index (χ0) is 15.9. The smallest absolute Gasteiger partial charge is 0.312 e. The van der Waals surface area contributed by atoms with Crippen LogP contribution in [0.1, 0.15) is 43.7 Å². The number of rotatable bonds is 4. The predicted molar refractivity (Wildman–Crippen MR) is 86.6 cm³/mol. The van der Waals surface area contributed by atoms with Gasteiger partial charge in [0.25, 0.3) is 0 Å². The molecular weight excluding hydrogens is 302 g/mol. The van der Waals surface area contributed by atoms with Crippen molar-refractivity contribution in [2.75, 3.05) is 13.1 Å². The molecule has 2 rings (SSSR count). The Morgan fingerprint density at radius 3 is 2.64 bits per heavy atom. The molecule has 0 aromatic heterocycles. The van der Waals surface area contributed by atoms with Crippen molar-refractivity contribution in [2.45, 2.75) is 38.1 Å². The predicted octanol–water partition coefficient (Wildman–Crippen LogP) is 2.84. The summed E-state index contributed by atoms with van der Waals surface area (Å²) >= 11 is 5.95. The first kappa shape index (κ1) is 16.6. The van der Waals surface area contributed by atoms with Gasteiger partial charge in [-0.25, -0.2) is 4.79 Å². The van der Waals surface area contributed by atoms with Crippen LogP contribution in [0, 0.1) is 0 Å². The molecule has 1 aromatic rings. The summed E-state index contributed by atoms with van der Waals surface area (Å²) in [5.41, 5.74) is 6.14. The summed E-state index contributed by atoms with van der Waals surface area (Å²) in [5.74, 6) is 0.0515. The number of benzene rings is 1. The van der Waals surface area contributed by atoms with Gasteiger partial charge in [0.15, 0.2) is 0 Å². The number of primary amides is 1. The maximum absolute atomic E-state index is 12.5. The summed E-state index contributed by atoms with van der Waals surface area (Å²) in [6, 6.07) is 7.18. The highest BCUT2D eigenvalue weighted by atomic mass is 35.5. The molecule has 5 nitrogen and oxygen atoms in total. The SMILES string of the molecule is NC(=O)NCCC(=O)N1CCCCCC1c1ccc(Cl)cc1. The lowest BCUT2D eigenvalue weighted by molar-refractivity contribution is -0.133. The number of nitrogens with two attached hydrogens (primary N) is 1. The van der Waals surface area contributed by atoms with E-state index >= 15 is 0 Å². The Balaban J connectivity index is 2.08. The van der Waals surface area contributed by atoms with Gasteiger partial charge in [-0.15, -0.1) is 0 Å². The second kappa shape index (κ2) is 8.03. The third-order valence-corrected chi connectivity index (χ3v) is 4.22. The average Bonchev–Trinajstić information content (AvgIpc) is 2.73. The molecule has 3 amide bonds. The fourth-order valence-corrected chi connectivity index (χ4v) is 3.00. The van der Waals surface area contributed by atoms with Gasteiger partial charge in [0.2, 0.25) is 5.91 Å². The van der Waals surface area contributed by atoms with E-state index in [4.69, 9.17) is 17.3 Å². The van der Waals surface area contributed by atoms with Crippen LogP contribution in [-0.4, -0.2) is 29.9 Å². The Labute approximate surface area is 135 Å². The Morgan fingerprint density at radius 2 is 1.95 bits per heavy atom. The van der Waals surface area contributed by atoms with Crippen LogP contribution >= 0.6 is 11.6 Å². The summed E-state index contributed by atoms with van der Waals surface area (Å²) in [4.78, 5) is 25.1. The number of nitrogens with zero attached hydrogens (tertiary/aromatic N) is 1. The lowest BCUT2D eigenvalue weighted by Gasteiger charge is -2.30. The van der Waals surface area contributed by atoms with Crippen LogP contribution < -0.4 is 11.1 Å². The normalized spacial score (nSPS) is 18.6. The molecule has 1 heterocycles. The Morgan fingerprint density at radius 1 is 1.23 bits per heavy atom. The third kappa shape index (κ3) is 4.63. The lowest BCUT2D eigenvalue weighted by atomic mass is 10.0. The third-order valence-electron chi connectivity index (χ3n) is 3.97. The summed E-state index contributed by atoms with van der Waals surface area (Å²) < 4.78 is 0. The minimum absolute atomic E-state index is 0.0515. The number of hydrogen-bond donors (Lipinski definition) is 2. The first-order chi connectivity index (χ1) is 10.6. The first-order valence-corrected chi connectivity index (χ1v) is 8.04. The van der Waals surface area contributed by atoms with E-state index in [9.17, 15) is 9.59 Å². The van der Waals surface area contributed by atoms with Gasteiger partial charge < -0.3 is 16.0 Å². The molecule has 120 valence electrons. The molecule has 6 heteroatoms. The standard InChI is InChI=1S/C16H22ClN3O2/c17-13-7-5-12(6-8-13)14-4-2-1-3-11-20(14)15(21)9-10-19-16(18)22/h5-8,14H,1-4,9-11H2,(H3,18,19,22). The summed E-state index contributed by atoms with van der Waals surface area (Å²) in [5, 5.41) is 3.16. The molecule has 22 heavy (non-hydrogen) atoms. The summed E-state index contributed by atoms with van der Waals surface area (Å²) in [7, 11) is 0. The molecule has 1 fully saturated rings. The molecule has 1 unspecified atom stereocenters. The molecule has 1 saturated heterocycles. The Kier molecular flexibility index (Phi) is 6.07. The van der Waals surface area contributed by atoms with Crippen molar-refractivity contribution in [2.24, 2.45) is 5.73 Å². The minimum Gasteiger partial charge on any atom is -0.352 e. The van der Waals surface area contributed by atoms with Crippen molar-refractivity contribution in [3.63, 3.8) is 0 Å². The van der Waals surface area contributed by atoms with E-state index in [1.165, 1.54) is 0 Å². The maximum atomic E-state index is 12.5. The number of hydrogen-bond acceptors (Lipinski definition) is 2. The average molecular weight is 324 g/mol. The Bertz CT molecular complexity index is 519. The van der Waals surface area contributed by atoms with E-state index in [1.807, 2.05) is 29.2 Å². The van der Waals surface area contributed by atoms with Gasteiger partial charge in [0.05, 0.1) is 6.04 Å². The highest BCUT2D eigenvalue weighted by Crippen LogP contribution is 2.31. The van der Waals surface area contributed by atoms with Crippen molar-refractivity contribution in [1.82, 2.24) is 10.2 Å². The van der Waals surface area contributed by atoms with Gasteiger partial charge in [0, 0.05) is 24.5 Å². The van der Waals surface area contributed by atoms with Crippen molar-refractivity contribution >= 4 is 23.5 Å². The second-order valence-electron chi connectivity index (χ2n) is 5.54. The van der Waals surface area contributed by atoms with Crippen LogP contribution in [0.2, 0.25) is 5.02 Å². The quantitative estimate of drug-likeness (QED) is 0.894. The zero-order valence-electron chi connectivity index (χ0n) is 12.6. The zero-order valence-corrected chi connectivity index (χ0v) is 13.3. The molecule has 0 spiro atoms. The fraction of sp³-hybridized carbons (Fsp3) is 0.500. The number of nitrogens with one attached hydrogen (secondary N) is 1. The number of amides is 3. The van der Waals surface area contributed by atoms with Crippen molar-refractivity contribution in [1.29, 1.82) is 0 Å². The van der Waals surface area contributed by atoms with Crippen LogP contribution in [0.3, 0.4) is 0 Å². The highest BCUT2D eigenvalue weighted by Gasteiger charge is 2.26. The number of carbonyl (C=O) groups is 2. The van der Waals surface area contributed by atoms with E-state index < -0.39 is 6.03 Å². The van der Waals surface area contributed by atoms with Gasteiger partial charge >= 0.3 is 6.03 Å². The number of urea groups is 1. The molecule has 0 aliphatic carbocycles. The lowest BCUT2D eigenvalue weighted by Crippen LogP contribution is -2.38. The first-order valence-electron chi connectivity index (χ1n) is 7.66. The monoisotopic (exact) mass is 323 g/mol. The number of likely N-dealkylation sites (tertiary alicyclic amines) is 1. The topological polar surface area (TPSA) is 75.4 Å². The molecule has 0 saturated carbocycles. The van der Waals surface area contributed by atoms with Crippen LogP contribution in [0.25, 0.3) is 0 Å². The fourth-order valence-electron chi connectivity index (χ4n) is 2.87. The molecule has 3 N–H and O–H groups in total. The van der Waals surface area contributed by atoms with Crippen LogP contribution in [0.4, 0.5) is 4.79 Å². The molecular formula is C16H22ClN3O2. The van der Waals surface area contributed by atoms with Gasteiger partial charge in [-0.3, -0.25) is 4.79 Å². The van der Waals surface area contributed by atoms with Crippen LogP contribution in [0.15, 0.2) is 24.3 Å². The largest absolute Gasteiger partial charge is 0.352 e. The summed E-state index contributed by atoms with van der Waals surface area (Å²) in [6.07, 6.45) is 4.48. The second-order valence-corrected chi connectivity index (χ2v) is 5.98. The van der Waals surface area contributed by atoms with Crippen LogP contribution in [0.5, 0.6) is 0 Å². The van der Waals surface area contributed by atoms with E-state index in [0.717, 1.165) is 37.8 Å². The van der Waals surface area contributed by atoms with Gasteiger partial charge in [0.1, 0.15) is 0 Å². The van der Waals surface area contributed by atoms with Gasteiger partial charge in [-0.05, 0) is 30.5 Å². The number of carbonyl (C=O) groups excluding carboxylic acids is 2. The van der Waals surface area contributed by atoms with E-state index in [1.54, 1.807) is 0 Å². The molecule has 1 aromatic carbocycles. The van der Waals surface area contributed by atoms with E-state index in [0.29, 0.717) is 5.02 Å². The number of halogens is 1. The maximum Gasteiger partial charge on any atom is 0.312 e. The molecule has 1 aliphatic heterocycles. The van der Waals surface area contributed by atoms with E-state index in [2.05, 4.69) is 5.32 Å². The van der Waals surface area contributed by atoms with E-state index in [-0.39, 0.29) is 24.9 Å². The molecule has 0 radical (unpaired) electrons. The minimum atomic E-state index is -0.599. The Hall–Kier alpha value is -1.75.